The molecule has 3 aromatic rings. The summed E-state index contributed by atoms with van der Waals surface area (Å²) in [6.07, 6.45) is 1.58. The van der Waals surface area contributed by atoms with Crippen molar-refractivity contribution in [1.82, 2.24) is 15.4 Å². The fourth-order valence-electron chi connectivity index (χ4n) is 1.69. The van der Waals surface area contributed by atoms with Gasteiger partial charge in [0, 0.05) is 5.56 Å². The van der Waals surface area contributed by atoms with Crippen molar-refractivity contribution in [3.05, 3.63) is 36.2 Å². The van der Waals surface area contributed by atoms with E-state index < -0.39 is 5.97 Å². The monoisotopic (exact) mass is 229 g/mol. The number of nitrogens with one attached hydrogen (secondary N) is 1. The van der Waals surface area contributed by atoms with Crippen molar-refractivity contribution >= 4 is 16.9 Å². The van der Waals surface area contributed by atoms with Gasteiger partial charge in [0.2, 0.25) is 0 Å². The topological polar surface area (TPSA) is 92.0 Å². The normalized spacial score (nSPS) is 10.8. The molecule has 0 saturated carbocycles. The summed E-state index contributed by atoms with van der Waals surface area (Å²) in [7, 11) is 0. The molecule has 0 fully saturated rings. The minimum absolute atomic E-state index is 0.0495. The van der Waals surface area contributed by atoms with E-state index in [1.807, 2.05) is 6.07 Å². The Morgan fingerprint density at radius 2 is 2.29 bits per heavy atom. The lowest BCUT2D eigenvalue weighted by Gasteiger charge is -1.95. The summed E-state index contributed by atoms with van der Waals surface area (Å²) >= 11 is 0. The van der Waals surface area contributed by atoms with E-state index >= 15 is 0 Å². The Labute approximate surface area is 94.9 Å². The average molecular weight is 229 g/mol. The lowest BCUT2D eigenvalue weighted by atomic mass is 10.1. The molecule has 6 nitrogen and oxygen atoms in total. The first-order valence-corrected chi connectivity index (χ1v) is 4.88. The Morgan fingerprint density at radius 3 is 3.06 bits per heavy atom. The predicted octanol–water partition coefficient (Wildman–Crippen LogP) is 1.92. The maximum absolute atomic E-state index is 10.8. The fraction of sp³-hybridized carbons (Fsp3) is 0. The van der Waals surface area contributed by atoms with Crippen LogP contribution in [0.25, 0.3) is 22.2 Å². The van der Waals surface area contributed by atoms with Crippen LogP contribution in [0.2, 0.25) is 0 Å². The molecule has 0 spiro atoms. The zero-order valence-electron chi connectivity index (χ0n) is 8.54. The number of benzene rings is 1. The van der Waals surface area contributed by atoms with Gasteiger partial charge in [0.05, 0.1) is 17.3 Å². The van der Waals surface area contributed by atoms with E-state index in [9.17, 15) is 4.79 Å². The first kappa shape index (κ1) is 9.59. The van der Waals surface area contributed by atoms with E-state index in [1.165, 1.54) is 6.07 Å². The lowest BCUT2D eigenvalue weighted by molar-refractivity contribution is 0.0690. The Balaban J connectivity index is 2.19. The van der Waals surface area contributed by atoms with Crippen LogP contribution in [0.5, 0.6) is 0 Å². The Hall–Kier alpha value is -2.63. The molecule has 17 heavy (non-hydrogen) atoms. The number of nitrogens with zero attached hydrogens (tertiary/aromatic N) is 2. The van der Waals surface area contributed by atoms with Crippen LogP contribution in [0.1, 0.15) is 10.5 Å². The van der Waals surface area contributed by atoms with Gasteiger partial charge in [-0.1, -0.05) is 17.3 Å². The Bertz CT molecular complexity index is 699. The third-order valence-corrected chi connectivity index (χ3v) is 2.48. The standard InChI is InChI=1S/C11H7N3O3/c15-11(16)9-4-8(13-14-9)6-2-1-3-10-7(6)5-12-17-10/h1-5H,(H,13,14)(H,15,16). The molecule has 0 saturated heterocycles. The summed E-state index contributed by atoms with van der Waals surface area (Å²) in [5.74, 6) is -1.04. The first-order chi connectivity index (χ1) is 8.25. The molecule has 1 aromatic carbocycles. The Morgan fingerprint density at radius 1 is 1.41 bits per heavy atom. The number of H-pyrrole nitrogens is 1. The molecule has 0 aliphatic carbocycles. The molecule has 84 valence electrons. The molecule has 2 N–H and O–H groups in total. The van der Waals surface area contributed by atoms with Crippen LogP contribution in [-0.2, 0) is 0 Å². The summed E-state index contributed by atoms with van der Waals surface area (Å²) in [5, 5.41) is 19.7. The number of carboxylic acid groups (broad SMARTS) is 1. The van der Waals surface area contributed by atoms with Gasteiger partial charge in [-0.3, -0.25) is 5.10 Å². The van der Waals surface area contributed by atoms with Gasteiger partial charge in [-0.15, -0.1) is 0 Å². The van der Waals surface area contributed by atoms with Crippen molar-refractivity contribution < 1.29 is 14.4 Å². The van der Waals surface area contributed by atoms with Gasteiger partial charge in [-0.2, -0.15) is 5.10 Å². The van der Waals surface area contributed by atoms with E-state index in [4.69, 9.17) is 9.63 Å². The quantitative estimate of drug-likeness (QED) is 0.700. The summed E-state index contributed by atoms with van der Waals surface area (Å²) in [5.41, 5.74) is 2.03. The minimum Gasteiger partial charge on any atom is -0.477 e. The van der Waals surface area contributed by atoms with E-state index in [1.54, 1.807) is 18.3 Å². The smallest absolute Gasteiger partial charge is 0.353 e. The van der Waals surface area contributed by atoms with Gasteiger partial charge >= 0.3 is 5.97 Å². The van der Waals surface area contributed by atoms with E-state index in [0.717, 1.165) is 10.9 Å². The highest BCUT2D eigenvalue weighted by Crippen LogP contribution is 2.27. The second-order valence-electron chi connectivity index (χ2n) is 3.52. The van der Waals surface area contributed by atoms with E-state index in [0.29, 0.717) is 11.3 Å². The van der Waals surface area contributed by atoms with Crippen molar-refractivity contribution in [2.75, 3.05) is 0 Å². The van der Waals surface area contributed by atoms with Gasteiger partial charge in [0.15, 0.2) is 5.58 Å². The molecule has 0 aliphatic rings. The Kier molecular flexibility index (Phi) is 1.94. The van der Waals surface area contributed by atoms with Crippen LogP contribution in [0.4, 0.5) is 0 Å². The fourth-order valence-corrected chi connectivity index (χ4v) is 1.69. The molecule has 6 heteroatoms. The molecule has 0 unspecified atom stereocenters. The summed E-state index contributed by atoms with van der Waals surface area (Å²) in [6, 6.07) is 6.90. The van der Waals surface area contributed by atoms with Crippen LogP contribution in [0, 0.1) is 0 Å². The minimum atomic E-state index is -1.04. The molecule has 0 amide bonds. The van der Waals surface area contributed by atoms with Crippen LogP contribution in [-0.4, -0.2) is 26.4 Å². The number of hydrogen-bond donors (Lipinski definition) is 2. The molecule has 2 heterocycles. The molecule has 0 aliphatic heterocycles. The van der Waals surface area contributed by atoms with Crippen molar-refractivity contribution in [1.29, 1.82) is 0 Å². The highest BCUT2D eigenvalue weighted by Gasteiger charge is 2.12. The second-order valence-corrected chi connectivity index (χ2v) is 3.52. The number of carbonyl (C=O) groups is 1. The maximum Gasteiger partial charge on any atom is 0.353 e. The zero-order chi connectivity index (χ0) is 11.8. The number of fused-ring (bicyclic) bond motifs is 1. The third kappa shape index (κ3) is 1.46. The largest absolute Gasteiger partial charge is 0.477 e. The molecule has 3 rings (SSSR count). The molecule has 2 aromatic heterocycles. The SMILES string of the molecule is O=C(O)c1cc(-c2cccc3oncc23)n[nH]1. The maximum atomic E-state index is 10.8. The highest BCUT2D eigenvalue weighted by atomic mass is 16.5. The zero-order valence-corrected chi connectivity index (χ0v) is 8.54. The van der Waals surface area contributed by atoms with Crippen molar-refractivity contribution in [3.63, 3.8) is 0 Å². The van der Waals surface area contributed by atoms with Gasteiger partial charge in [0.1, 0.15) is 5.69 Å². The van der Waals surface area contributed by atoms with Crippen LogP contribution < -0.4 is 0 Å². The lowest BCUT2D eigenvalue weighted by Crippen LogP contribution is -1.95. The summed E-state index contributed by atoms with van der Waals surface area (Å²) < 4.78 is 5.03. The van der Waals surface area contributed by atoms with E-state index in [-0.39, 0.29) is 5.69 Å². The average Bonchev–Trinajstić information content (AvgIpc) is 2.97. The number of aromatic amines is 1. The van der Waals surface area contributed by atoms with Crippen LogP contribution >= 0.6 is 0 Å². The number of aromatic carboxylic acids is 1. The van der Waals surface area contributed by atoms with Crippen molar-refractivity contribution in [3.8, 4) is 11.3 Å². The third-order valence-electron chi connectivity index (χ3n) is 2.48. The van der Waals surface area contributed by atoms with Gasteiger partial charge in [-0.05, 0) is 12.1 Å². The predicted molar refractivity (Wildman–Crippen MR) is 58.6 cm³/mol. The summed E-state index contributed by atoms with van der Waals surface area (Å²) in [4.78, 5) is 10.8. The summed E-state index contributed by atoms with van der Waals surface area (Å²) in [6.45, 7) is 0. The van der Waals surface area contributed by atoms with Crippen molar-refractivity contribution in [2.24, 2.45) is 0 Å². The first-order valence-electron chi connectivity index (χ1n) is 4.88. The molecule has 0 radical (unpaired) electrons. The van der Waals surface area contributed by atoms with Crippen molar-refractivity contribution in [2.45, 2.75) is 0 Å². The highest BCUT2D eigenvalue weighted by molar-refractivity contribution is 5.94. The van der Waals surface area contributed by atoms with Crippen LogP contribution in [0.15, 0.2) is 35.0 Å². The van der Waals surface area contributed by atoms with Crippen LogP contribution in [0.3, 0.4) is 0 Å². The molecular formula is C11H7N3O3. The number of aromatic nitrogens is 3. The number of rotatable bonds is 2. The number of hydrogen-bond acceptors (Lipinski definition) is 4. The molecule has 0 atom stereocenters. The van der Waals surface area contributed by atoms with Gasteiger partial charge < -0.3 is 9.63 Å². The van der Waals surface area contributed by atoms with E-state index in [2.05, 4.69) is 15.4 Å². The molecule has 0 bridgehead atoms. The number of carboxylic acids is 1. The van der Waals surface area contributed by atoms with Gasteiger partial charge in [0.25, 0.3) is 0 Å². The second kappa shape index (κ2) is 3.44. The van der Waals surface area contributed by atoms with Gasteiger partial charge in [-0.25, -0.2) is 4.79 Å². The molecular weight excluding hydrogens is 222 g/mol.